The van der Waals surface area contributed by atoms with E-state index >= 15 is 0 Å². The van der Waals surface area contributed by atoms with Gasteiger partial charge in [-0.25, -0.2) is 9.97 Å². The second-order valence-corrected chi connectivity index (χ2v) is 6.34. The Kier molecular flexibility index (Phi) is 3.26. The van der Waals surface area contributed by atoms with Crippen LogP contribution in [0.2, 0.25) is 0 Å². The van der Waals surface area contributed by atoms with Gasteiger partial charge in [-0.05, 0) is 11.6 Å². The highest BCUT2D eigenvalue weighted by Gasteiger charge is 2.23. The van der Waals surface area contributed by atoms with Gasteiger partial charge >= 0.3 is 0 Å². The smallest absolute Gasteiger partial charge is 0.163 e. The molecule has 124 valence electrons. The van der Waals surface area contributed by atoms with E-state index in [2.05, 4.69) is 26.3 Å². The monoisotopic (exact) mass is 330 g/mol. The fraction of sp³-hybridized carbons (Fsp3) is 0.211. The van der Waals surface area contributed by atoms with Gasteiger partial charge in [-0.15, -0.1) is 0 Å². The number of rotatable bonds is 2. The molecule has 5 rings (SSSR count). The number of aliphatic imine (C=N–C) groups is 1. The van der Waals surface area contributed by atoms with Gasteiger partial charge in [0.15, 0.2) is 5.82 Å². The molecule has 0 saturated heterocycles. The Hall–Kier alpha value is -3.15. The van der Waals surface area contributed by atoms with Gasteiger partial charge in [0.2, 0.25) is 0 Å². The number of benzene rings is 1. The number of aromatic nitrogens is 3. The van der Waals surface area contributed by atoms with Gasteiger partial charge in [0.25, 0.3) is 0 Å². The summed E-state index contributed by atoms with van der Waals surface area (Å²) in [7, 11) is 0. The minimum atomic E-state index is 0.755. The van der Waals surface area contributed by atoms with Crippen LogP contribution in [0.1, 0.15) is 6.42 Å². The highest BCUT2D eigenvalue weighted by molar-refractivity contribution is 5.89. The molecule has 0 fully saturated rings. The first kappa shape index (κ1) is 14.2. The first-order valence-electron chi connectivity index (χ1n) is 8.50. The lowest BCUT2D eigenvalue weighted by Crippen LogP contribution is -2.37. The van der Waals surface area contributed by atoms with Crippen molar-refractivity contribution in [1.82, 2.24) is 20.3 Å². The van der Waals surface area contributed by atoms with E-state index in [0.717, 1.165) is 54.3 Å². The van der Waals surface area contributed by atoms with Crippen LogP contribution in [-0.2, 0) is 0 Å². The number of hydrogen-bond acceptors (Lipinski definition) is 5. The second kappa shape index (κ2) is 5.73. The summed E-state index contributed by atoms with van der Waals surface area (Å²) in [5.74, 6) is 1.75. The molecule has 25 heavy (non-hydrogen) atoms. The van der Waals surface area contributed by atoms with Crippen molar-refractivity contribution in [2.24, 2.45) is 4.99 Å². The number of H-pyrrole nitrogens is 1. The average Bonchev–Trinajstić information content (AvgIpc) is 3.16. The average molecular weight is 330 g/mol. The molecule has 0 unspecified atom stereocenters. The summed E-state index contributed by atoms with van der Waals surface area (Å²) >= 11 is 0. The van der Waals surface area contributed by atoms with Crippen LogP contribution >= 0.6 is 0 Å². The van der Waals surface area contributed by atoms with Crippen LogP contribution < -0.4 is 10.2 Å². The van der Waals surface area contributed by atoms with Gasteiger partial charge in [0.1, 0.15) is 11.5 Å². The number of nitrogens with zero attached hydrogens (tertiary/aromatic N) is 4. The summed E-state index contributed by atoms with van der Waals surface area (Å²) in [6.45, 7) is 2.56. The molecule has 0 aliphatic carbocycles. The van der Waals surface area contributed by atoms with Crippen molar-refractivity contribution < 1.29 is 0 Å². The Morgan fingerprint density at radius 1 is 1.04 bits per heavy atom. The third-order valence-corrected chi connectivity index (χ3v) is 4.78. The molecule has 0 spiro atoms. The van der Waals surface area contributed by atoms with Crippen molar-refractivity contribution in [2.45, 2.75) is 6.42 Å². The molecule has 0 radical (unpaired) electrons. The van der Waals surface area contributed by atoms with Crippen LogP contribution in [-0.4, -0.2) is 40.9 Å². The van der Waals surface area contributed by atoms with Gasteiger partial charge in [0, 0.05) is 37.0 Å². The normalized spacial score (nSPS) is 16.9. The number of hydrogen-bond donors (Lipinski definition) is 2. The third-order valence-electron chi connectivity index (χ3n) is 4.78. The molecule has 0 bridgehead atoms. The first-order chi connectivity index (χ1) is 12.4. The molecule has 2 aliphatic rings. The Morgan fingerprint density at radius 2 is 1.96 bits per heavy atom. The predicted molar refractivity (Wildman–Crippen MR) is 99.7 cm³/mol. The zero-order chi connectivity index (χ0) is 16.6. The second-order valence-electron chi connectivity index (χ2n) is 6.34. The highest BCUT2D eigenvalue weighted by atomic mass is 15.2. The Balaban J connectivity index is 1.59. The van der Waals surface area contributed by atoms with Gasteiger partial charge in [0.05, 0.1) is 18.3 Å². The minimum absolute atomic E-state index is 0.755. The number of nitrogens with one attached hydrogen (secondary N) is 2. The molecule has 3 aromatic rings. The summed E-state index contributed by atoms with van der Waals surface area (Å²) in [6.07, 6.45) is 4.72. The van der Waals surface area contributed by atoms with Crippen molar-refractivity contribution in [3.05, 3.63) is 53.9 Å². The Morgan fingerprint density at radius 3 is 2.88 bits per heavy atom. The number of aromatic amines is 1. The molecule has 6 nitrogen and oxygen atoms in total. The summed E-state index contributed by atoms with van der Waals surface area (Å²) in [5.41, 5.74) is 4.57. The van der Waals surface area contributed by atoms with Crippen LogP contribution in [0.15, 0.2) is 58.9 Å². The van der Waals surface area contributed by atoms with E-state index in [1.165, 1.54) is 11.3 Å². The third kappa shape index (κ3) is 2.46. The Labute approximate surface area is 145 Å². The van der Waals surface area contributed by atoms with E-state index in [4.69, 9.17) is 9.97 Å². The maximum Gasteiger partial charge on any atom is 0.163 e. The van der Waals surface area contributed by atoms with E-state index in [1.54, 1.807) is 6.34 Å². The van der Waals surface area contributed by atoms with Gasteiger partial charge in [-0.1, -0.05) is 30.3 Å². The minimum Gasteiger partial charge on any atom is -0.351 e. The zero-order valence-electron chi connectivity index (χ0n) is 13.7. The maximum atomic E-state index is 4.92. The van der Waals surface area contributed by atoms with Crippen molar-refractivity contribution in [2.75, 3.05) is 24.5 Å². The molecule has 2 aliphatic heterocycles. The molecule has 0 saturated carbocycles. The lowest BCUT2D eigenvalue weighted by Gasteiger charge is -2.33. The molecular formula is C19H18N6. The van der Waals surface area contributed by atoms with Crippen molar-refractivity contribution in [3.63, 3.8) is 0 Å². The fourth-order valence-electron chi connectivity index (χ4n) is 3.49. The van der Waals surface area contributed by atoms with Crippen LogP contribution in [0, 0.1) is 0 Å². The van der Waals surface area contributed by atoms with Crippen LogP contribution in [0.4, 0.5) is 5.82 Å². The molecule has 1 aromatic carbocycles. The molecule has 6 heteroatoms. The van der Waals surface area contributed by atoms with E-state index in [1.807, 2.05) is 36.5 Å². The van der Waals surface area contributed by atoms with Gasteiger partial charge in [-0.2, -0.15) is 0 Å². The van der Waals surface area contributed by atoms with E-state index in [0.29, 0.717) is 0 Å². The molecule has 2 N–H and O–H groups in total. The molecule has 0 atom stereocenters. The van der Waals surface area contributed by atoms with Crippen LogP contribution in [0.25, 0.3) is 22.4 Å². The molecule has 2 aromatic heterocycles. The SMILES string of the molecule is C1=NCC2=C(CCN(c3nc(-c4ccccc4)nc4[nH]ccc34)C2)N1. The summed E-state index contributed by atoms with van der Waals surface area (Å²) in [5, 5.41) is 4.35. The van der Waals surface area contributed by atoms with E-state index in [9.17, 15) is 0 Å². The number of fused-ring (bicyclic) bond motifs is 1. The van der Waals surface area contributed by atoms with Gasteiger partial charge in [-0.3, -0.25) is 4.99 Å². The van der Waals surface area contributed by atoms with Crippen molar-refractivity contribution in [3.8, 4) is 11.4 Å². The predicted octanol–water partition coefficient (Wildman–Crippen LogP) is 2.72. The van der Waals surface area contributed by atoms with Crippen molar-refractivity contribution in [1.29, 1.82) is 0 Å². The highest BCUT2D eigenvalue weighted by Crippen LogP contribution is 2.30. The maximum absolute atomic E-state index is 4.92. The topological polar surface area (TPSA) is 69.2 Å². The van der Waals surface area contributed by atoms with Gasteiger partial charge < -0.3 is 15.2 Å². The quantitative estimate of drug-likeness (QED) is 0.758. The molecular weight excluding hydrogens is 312 g/mol. The van der Waals surface area contributed by atoms with E-state index < -0.39 is 0 Å². The summed E-state index contributed by atoms with van der Waals surface area (Å²) in [6, 6.07) is 12.2. The summed E-state index contributed by atoms with van der Waals surface area (Å²) < 4.78 is 0. The van der Waals surface area contributed by atoms with Crippen molar-refractivity contribution >= 4 is 23.2 Å². The lowest BCUT2D eigenvalue weighted by molar-refractivity contribution is 0.705. The van der Waals surface area contributed by atoms with Crippen LogP contribution in [0.3, 0.4) is 0 Å². The standard InChI is InChI=1S/C19H18N6/c1-2-4-13(5-3-1)17-23-18-15(6-8-21-18)19(24-17)25-9-7-16-14(11-25)10-20-12-22-16/h1-6,8,12H,7,9-11H2,(H,20,22)(H,21,23,24). The fourth-order valence-corrected chi connectivity index (χ4v) is 3.49. The zero-order valence-corrected chi connectivity index (χ0v) is 13.7. The molecule has 4 heterocycles. The summed E-state index contributed by atoms with van der Waals surface area (Å²) in [4.78, 5) is 19.5. The first-order valence-corrected chi connectivity index (χ1v) is 8.50. The molecule has 0 amide bonds. The number of anilines is 1. The Bertz CT molecular complexity index is 986. The van der Waals surface area contributed by atoms with E-state index in [-0.39, 0.29) is 0 Å². The largest absolute Gasteiger partial charge is 0.351 e. The van der Waals surface area contributed by atoms with Crippen LogP contribution in [0.5, 0.6) is 0 Å². The lowest BCUT2D eigenvalue weighted by atomic mass is 10.0.